The molecule has 0 saturated heterocycles. The van der Waals surface area contributed by atoms with Crippen LogP contribution in [0.25, 0.3) is 10.9 Å². The lowest BCUT2D eigenvalue weighted by molar-refractivity contribution is 0.0950. The van der Waals surface area contributed by atoms with Gasteiger partial charge >= 0.3 is 0 Å². The molecule has 0 fully saturated rings. The molecule has 0 aliphatic carbocycles. The highest BCUT2D eigenvalue weighted by atomic mass is 79.9. The van der Waals surface area contributed by atoms with Gasteiger partial charge in [-0.15, -0.1) is 0 Å². The fourth-order valence-corrected chi connectivity index (χ4v) is 2.54. The Bertz CT molecular complexity index is 850. The van der Waals surface area contributed by atoms with Crippen LogP contribution in [0.5, 0.6) is 0 Å². The molecular weight excluding hydrogens is 342 g/mol. The first-order chi connectivity index (χ1) is 10.6. The van der Waals surface area contributed by atoms with Crippen molar-refractivity contribution in [3.05, 3.63) is 69.8 Å². The molecule has 1 heterocycles. The number of carbonyl (C=O) groups is 1. The molecule has 4 nitrogen and oxygen atoms in total. The van der Waals surface area contributed by atoms with E-state index in [9.17, 15) is 4.79 Å². The first kappa shape index (κ1) is 14.5. The quantitative estimate of drug-likeness (QED) is 0.541. The summed E-state index contributed by atoms with van der Waals surface area (Å²) in [5, 5.41) is 5.04. The number of H-pyrrole nitrogens is 1. The van der Waals surface area contributed by atoms with Crippen molar-refractivity contribution in [3.63, 3.8) is 0 Å². The Morgan fingerprint density at radius 1 is 1.18 bits per heavy atom. The van der Waals surface area contributed by atoms with Gasteiger partial charge in [-0.1, -0.05) is 46.3 Å². The van der Waals surface area contributed by atoms with Gasteiger partial charge in [-0.2, -0.15) is 5.10 Å². The van der Waals surface area contributed by atoms with Crippen LogP contribution < -0.4 is 5.43 Å². The fraction of sp³-hybridized carbons (Fsp3) is 0.0588. The number of fused-ring (bicyclic) bond motifs is 1. The number of benzene rings is 2. The van der Waals surface area contributed by atoms with Gasteiger partial charge in [-0.05, 0) is 36.2 Å². The maximum Gasteiger partial charge on any atom is 0.288 e. The van der Waals surface area contributed by atoms with E-state index in [0.717, 1.165) is 26.5 Å². The number of amides is 1. The van der Waals surface area contributed by atoms with Crippen molar-refractivity contribution in [2.24, 2.45) is 5.10 Å². The molecule has 3 aromatic rings. The van der Waals surface area contributed by atoms with Crippen molar-refractivity contribution < 1.29 is 4.79 Å². The van der Waals surface area contributed by atoms with E-state index in [1.807, 2.05) is 55.5 Å². The van der Waals surface area contributed by atoms with Crippen molar-refractivity contribution >= 4 is 39.0 Å². The van der Waals surface area contributed by atoms with Gasteiger partial charge in [0.2, 0.25) is 0 Å². The van der Waals surface area contributed by atoms with Crippen molar-refractivity contribution in [2.75, 3.05) is 0 Å². The van der Waals surface area contributed by atoms with E-state index in [2.05, 4.69) is 31.4 Å². The van der Waals surface area contributed by atoms with Gasteiger partial charge in [0.1, 0.15) is 5.69 Å². The van der Waals surface area contributed by atoms with Gasteiger partial charge < -0.3 is 4.98 Å². The summed E-state index contributed by atoms with van der Waals surface area (Å²) in [6.07, 6.45) is 1.61. The predicted octanol–water partition coefficient (Wildman–Crippen LogP) is 4.00. The molecule has 5 heteroatoms. The lowest BCUT2D eigenvalue weighted by Gasteiger charge is -1.99. The van der Waals surface area contributed by atoms with Gasteiger partial charge in [-0.3, -0.25) is 4.79 Å². The molecule has 3 rings (SSSR count). The topological polar surface area (TPSA) is 57.2 Å². The number of halogens is 1. The van der Waals surface area contributed by atoms with E-state index in [4.69, 9.17) is 0 Å². The van der Waals surface area contributed by atoms with Crippen LogP contribution in [0.2, 0.25) is 0 Å². The molecule has 0 atom stereocenters. The number of rotatable bonds is 3. The lowest BCUT2D eigenvalue weighted by atomic mass is 10.1. The van der Waals surface area contributed by atoms with Gasteiger partial charge in [0, 0.05) is 15.4 Å². The molecule has 1 aromatic heterocycles. The van der Waals surface area contributed by atoms with Crippen molar-refractivity contribution in [1.82, 2.24) is 10.4 Å². The third kappa shape index (κ3) is 2.94. The summed E-state index contributed by atoms with van der Waals surface area (Å²) < 4.78 is 1.00. The highest BCUT2D eigenvalue weighted by Gasteiger charge is 2.13. The number of para-hydroxylation sites is 1. The summed E-state index contributed by atoms with van der Waals surface area (Å²) in [6.45, 7) is 1.92. The number of aryl methyl sites for hydroxylation is 1. The predicted molar refractivity (Wildman–Crippen MR) is 92.2 cm³/mol. The molecule has 0 aliphatic heterocycles. The maximum absolute atomic E-state index is 12.2. The van der Waals surface area contributed by atoms with Gasteiger partial charge in [0.05, 0.1) is 6.21 Å². The molecule has 2 N–H and O–H groups in total. The summed E-state index contributed by atoms with van der Waals surface area (Å²) >= 11 is 3.37. The number of aromatic amines is 1. The smallest absolute Gasteiger partial charge is 0.288 e. The Morgan fingerprint density at radius 3 is 2.64 bits per heavy atom. The molecule has 0 spiro atoms. The molecule has 0 aliphatic rings. The van der Waals surface area contributed by atoms with Crippen LogP contribution in [-0.4, -0.2) is 17.1 Å². The Balaban J connectivity index is 1.76. The number of aromatic nitrogens is 1. The molecule has 0 radical (unpaired) electrons. The van der Waals surface area contributed by atoms with Crippen LogP contribution in [0, 0.1) is 6.92 Å². The Morgan fingerprint density at radius 2 is 1.91 bits per heavy atom. The minimum Gasteiger partial charge on any atom is -0.350 e. The van der Waals surface area contributed by atoms with Crippen LogP contribution in [0.1, 0.15) is 21.6 Å². The highest BCUT2D eigenvalue weighted by Crippen LogP contribution is 2.21. The number of nitrogens with zero attached hydrogens (tertiary/aromatic N) is 1. The third-order valence-corrected chi connectivity index (χ3v) is 3.97. The van der Waals surface area contributed by atoms with Crippen LogP contribution in [0.4, 0.5) is 0 Å². The first-order valence-corrected chi connectivity index (χ1v) is 7.61. The van der Waals surface area contributed by atoms with Crippen molar-refractivity contribution in [2.45, 2.75) is 6.92 Å². The van der Waals surface area contributed by atoms with Gasteiger partial charge in [0.15, 0.2) is 0 Å². The maximum atomic E-state index is 12.2. The standard InChI is InChI=1S/C17H14BrN3O/c1-11-14-4-2-3-5-15(14)20-16(11)17(22)21-19-10-12-6-8-13(18)9-7-12/h2-10,20H,1H3,(H,21,22). The van der Waals surface area contributed by atoms with Crippen LogP contribution in [-0.2, 0) is 0 Å². The van der Waals surface area contributed by atoms with Crippen molar-refractivity contribution in [3.8, 4) is 0 Å². The monoisotopic (exact) mass is 355 g/mol. The van der Waals surface area contributed by atoms with E-state index in [1.165, 1.54) is 0 Å². The van der Waals surface area contributed by atoms with Gasteiger partial charge in [-0.25, -0.2) is 5.43 Å². The molecule has 0 bridgehead atoms. The number of hydrogen-bond donors (Lipinski definition) is 2. The van der Waals surface area contributed by atoms with E-state index in [-0.39, 0.29) is 5.91 Å². The molecule has 0 unspecified atom stereocenters. The second-order valence-electron chi connectivity index (χ2n) is 4.92. The largest absolute Gasteiger partial charge is 0.350 e. The molecule has 110 valence electrons. The second kappa shape index (κ2) is 6.15. The average molecular weight is 356 g/mol. The third-order valence-electron chi connectivity index (χ3n) is 3.44. The first-order valence-electron chi connectivity index (χ1n) is 6.81. The second-order valence-corrected chi connectivity index (χ2v) is 5.84. The zero-order chi connectivity index (χ0) is 15.5. The average Bonchev–Trinajstić information content (AvgIpc) is 2.87. The Hall–Kier alpha value is -2.40. The highest BCUT2D eigenvalue weighted by molar-refractivity contribution is 9.10. The summed E-state index contributed by atoms with van der Waals surface area (Å²) in [4.78, 5) is 15.3. The summed E-state index contributed by atoms with van der Waals surface area (Å²) in [5.41, 5.74) is 5.87. The van der Waals surface area contributed by atoms with E-state index >= 15 is 0 Å². The number of carbonyl (C=O) groups excluding carboxylic acids is 1. The summed E-state index contributed by atoms with van der Waals surface area (Å²) in [6, 6.07) is 15.5. The van der Waals surface area contributed by atoms with E-state index in [0.29, 0.717) is 5.69 Å². The van der Waals surface area contributed by atoms with Crippen molar-refractivity contribution in [1.29, 1.82) is 0 Å². The number of hydrazone groups is 1. The normalized spacial score (nSPS) is 11.2. The molecule has 0 saturated carbocycles. The molecule has 1 amide bonds. The zero-order valence-corrected chi connectivity index (χ0v) is 13.5. The Labute approximate surface area is 136 Å². The summed E-state index contributed by atoms with van der Waals surface area (Å²) in [5.74, 6) is -0.248. The minimum absolute atomic E-state index is 0.248. The molecule has 22 heavy (non-hydrogen) atoms. The minimum atomic E-state index is -0.248. The molecular formula is C17H14BrN3O. The SMILES string of the molecule is Cc1c(C(=O)NN=Cc2ccc(Br)cc2)[nH]c2ccccc12. The van der Waals surface area contributed by atoms with Gasteiger partial charge in [0.25, 0.3) is 5.91 Å². The lowest BCUT2D eigenvalue weighted by Crippen LogP contribution is -2.18. The van der Waals surface area contributed by atoms with E-state index < -0.39 is 0 Å². The Kier molecular flexibility index (Phi) is 4.06. The van der Waals surface area contributed by atoms with E-state index in [1.54, 1.807) is 6.21 Å². The van der Waals surface area contributed by atoms with Crippen LogP contribution in [0.3, 0.4) is 0 Å². The summed E-state index contributed by atoms with van der Waals surface area (Å²) in [7, 11) is 0. The van der Waals surface area contributed by atoms with Crippen LogP contribution in [0.15, 0.2) is 58.1 Å². The number of nitrogens with one attached hydrogen (secondary N) is 2. The number of hydrogen-bond acceptors (Lipinski definition) is 2. The molecule has 2 aromatic carbocycles. The zero-order valence-electron chi connectivity index (χ0n) is 11.9. The fourth-order valence-electron chi connectivity index (χ4n) is 2.28. The van der Waals surface area contributed by atoms with Crippen LogP contribution >= 0.6 is 15.9 Å².